The predicted molar refractivity (Wildman–Crippen MR) is 159 cm³/mol. The van der Waals surface area contributed by atoms with Gasteiger partial charge in [-0.3, -0.25) is 4.90 Å². The van der Waals surface area contributed by atoms with Crippen molar-refractivity contribution in [2.45, 2.75) is 32.2 Å². The number of benzene rings is 2. The fourth-order valence-electron chi connectivity index (χ4n) is 5.76. The summed E-state index contributed by atoms with van der Waals surface area (Å²) in [5.74, 6) is 2.40. The number of pyridine rings is 1. The van der Waals surface area contributed by atoms with Gasteiger partial charge in [-0.25, -0.2) is 19.7 Å². The molecule has 0 amide bonds. The van der Waals surface area contributed by atoms with Crippen LogP contribution in [-0.2, 0) is 18.0 Å². The second-order valence-corrected chi connectivity index (χ2v) is 16.7. The van der Waals surface area contributed by atoms with Gasteiger partial charge in [0.2, 0.25) is 5.88 Å². The molecule has 1 aliphatic carbocycles. The van der Waals surface area contributed by atoms with Crippen molar-refractivity contribution < 1.29 is 14.6 Å². The van der Waals surface area contributed by atoms with Gasteiger partial charge < -0.3 is 14.6 Å². The van der Waals surface area contributed by atoms with Crippen molar-refractivity contribution in [3.63, 3.8) is 0 Å². The van der Waals surface area contributed by atoms with E-state index >= 15 is 0 Å². The van der Waals surface area contributed by atoms with Crippen LogP contribution in [0.15, 0.2) is 67.0 Å². The second kappa shape index (κ2) is 10.6. The van der Waals surface area contributed by atoms with Crippen LogP contribution in [0.3, 0.4) is 0 Å². The molecule has 1 saturated heterocycles. The van der Waals surface area contributed by atoms with Crippen LogP contribution < -0.4 is 4.74 Å². The molecular weight excluding hydrogens is 508 g/mol. The van der Waals surface area contributed by atoms with E-state index in [4.69, 9.17) is 9.47 Å². The molecule has 2 aliphatic rings. The first-order valence-corrected chi connectivity index (χ1v) is 16.6. The molecule has 2 aromatic carbocycles. The Kier molecular flexibility index (Phi) is 7.14. The van der Waals surface area contributed by atoms with Crippen molar-refractivity contribution in [1.29, 1.82) is 0 Å². The number of hydrogen-bond donors (Lipinski definition) is 1. The first-order valence-electron chi connectivity index (χ1n) is 13.6. The van der Waals surface area contributed by atoms with Crippen molar-refractivity contribution >= 4 is 20.8 Å². The summed E-state index contributed by atoms with van der Waals surface area (Å²) < 4.78 is 13.8. The van der Waals surface area contributed by atoms with Gasteiger partial charge in [-0.05, 0) is 78.3 Å². The van der Waals surface area contributed by atoms with Gasteiger partial charge in [0, 0.05) is 54.8 Å². The lowest BCUT2D eigenvalue weighted by Crippen LogP contribution is -2.63. The lowest BCUT2D eigenvalue weighted by atomic mass is 9.62. The first-order chi connectivity index (χ1) is 18.7. The minimum Gasteiger partial charge on any atom is -0.439 e. The molecule has 1 saturated carbocycles. The molecule has 1 aliphatic heterocycles. The maximum Gasteiger partial charge on any atom is 0.219 e. The third kappa shape index (κ3) is 6.14. The molecule has 6 rings (SSSR count). The molecule has 1 spiro atoms. The Labute approximate surface area is 232 Å². The van der Waals surface area contributed by atoms with Gasteiger partial charge >= 0.3 is 0 Å². The van der Waals surface area contributed by atoms with Crippen molar-refractivity contribution in [2.75, 3.05) is 44.2 Å². The molecular formula is C31H38N4O3S. The van der Waals surface area contributed by atoms with E-state index in [1.807, 2.05) is 35.1 Å². The monoisotopic (exact) mass is 546 g/mol. The van der Waals surface area contributed by atoms with E-state index in [0.29, 0.717) is 18.0 Å². The van der Waals surface area contributed by atoms with Crippen LogP contribution in [0, 0.1) is 5.41 Å². The number of rotatable bonds is 10. The molecule has 0 atom stereocenters. The van der Waals surface area contributed by atoms with Crippen molar-refractivity contribution in [2.24, 2.45) is 5.41 Å². The Bertz CT molecular complexity index is 1430. The van der Waals surface area contributed by atoms with E-state index in [0.717, 1.165) is 67.2 Å². The predicted octanol–water partition coefficient (Wildman–Crippen LogP) is 5.52. The molecule has 7 nitrogen and oxygen atoms in total. The fourth-order valence-corrected chi connectivity index (χ4v) is 6.38. The summed E-state index contributed by atoms with van der Waals surface area (Å²) >= 11 is 0. The van der Waals surface area contributed by atoms with Gasteiger partial charge in [-0.15, -0.1) is 0 Å². The third-order valence-electron chi connectivity index (χ3n) is 7.76. The van der Waals surface area contributed by atoms with E-state index in [9.17, 15) is 5.11 Å². The van der Waals surface area contributed by atoms with Crippen LogP contribution >= 0.6 is 10.0 Å². The molecule has 3 heterocycles. The maximum atomic E-state index is 9.63. The number of aliphatic hydroxyl groups excluding tert-OH is 1. The smallest absolute Gasteiger partial charge is 0.219 e. The minimum atomic E-state index is -0.567. The Balaban J connectivity index is 1.05. The summed E-state index contributed by atoms with van der Waals surface area (Å²) in [6.07, 6.45) is 12.4. The SMILES string of the molecule is CS(C)(C)CCOCn1nccc1-c1ccc(Oc2ccc3cc(CN4CC5(CC(O)C5)C4)ccc3c2)nc1. The molecule has 8 heteroatoms. The van der Waals surface area contributed by atoms with E-state index in [1.54, 1.807) is 6.20 Å². The molecule has 2 fully saturated rings. The first kappa shape index (κ1) is 26.3. The van der Waals surface area contributed by atoms with Gasteiger partial charge in [0.05, 0.1) is 18.4 Å². The summed E-state index contributed by atoms with van der Waals surface area (Å²) in [5, 5.41) is 16.4. The summed E-state index contributed by atoms with van der Waals surface area (Å²) in [4.78, 5) is 7.03. The summed E-state index contributed by atoms with van der Waals surface area (Å²) in [5.41, 5.74) is 3.66. The number of hydrogen-bond acceptors (Lipinski definition) is 6. The normalized spacial score (nSPS) is 17.7. The van der Waals surface area contributed by atoms with Crippen LogP contribution in [-0.4, -0.2) is 75.1 Å². The lowest BCUT2D eigenvalue weighted by Gasteiger charge is -2.58. The van der Waals surface area contributed by atoms with E-state index in [-0.39, 0.29) is 6.10 Å². The highest BCUT2D eigenvalue weighted by Gasteiger charge is 2.51. The van der Waals surface area contributed by atoms with Gasteiger partial charge in [0.1, 0.15) is 12.5 Å². The average molecular weight is 547 g/mol. The molecule has 0 bridgehead atoms. The number of ether oxygens (including phenoxy) is 2. The largest absolute Gasteiger partial charge is 0.439 e. The number of aliphatic hydroxyl groups is 1. The Morgan fingerprint density at radius 3 is 2.54 bits per heavy atom. The van der Waals surface area contributed by atoms with E-state index < -0.39 is 10.0 Å². The Hall–Kier alpha value is -2.91. The third-order valence-corrected chi connectivity index (χ3v) is 9.15. The average Bonchev–Trinajstić information content (AvgIpc) is 3.33. The highest BCUT2D eigenvalue weighted by Crippen LogP contribution is 2.48. The number of nitrogens with zero attached hydrogens (tertiary/aromatic N) is 4. The van der Waals surface area contributed by atoms with Gasteiger partial charge in [-0.2, -0.15) is 5.10 Å². The zero-order valence-electron chi connectivity index (χ0n) is 23.0. The molecule has 4 aromatic rings. The molecule has 206 valence electrons. The molecule has 1 N–H and O–H groups in total. The van der Waals surface area contributed by atoms with Crippen LogP contribution in [0.1, 0.15) is 18.4 Å². The Morgan fingerprint density at radius 2 is 1.79 bits per heavy atom. The summed E-state index contributed by atoms with van der Waals surface area (Å²) in [7, 11) is -0.567. The highest BCUT2D eigenvalue weighted by molar-refractivity contribution is 8.32. The topological polar surface area (TPSA) is 72.6 Å². The zero-order valence-corrected chi connectivity index (χ0v) is 23.9. The summed E-state index contributed by atoms with van der Waals surface area (Å²) in [6.45, 7) is 4.34. The van der Waals surface area contributed by atoms with Crippen LogP contribution in [0.4, 0.5) is 0 Å². The van der Waals surface area contributed by atoms with Crippen LogP contribution in [0.2, 0.25) is 0 Å². The second-order valence-electron chi connectivity index (χ2n) is 12.1. The van der Waals surface area contributed by atoms with E-state index in [2.05, 4.69) is 64.1 Å². The van der Waals surface area contributed by atoms with Gasteiger partial charge in [0.25, 0.3) is 0 Å². The zero-order chi connectivity index (χ0) is 27.0. The minimum absolute atomic E-state index is 0.0731. The van der Waals surface area contributed by atoms with E-state index in [1.165, 1.54) is 10.9 Å². The number of likely N-dealkylation sites (tertiary alicyclic amines) is 1. The van der Waals surface area contributed by atoms with Gasteiger partial charge in [0.15, 0.2) is 0 Å². The molecule has 0 unspecified atom stereocenters. The van der Waals surface area contributed by atoms with Gasteiger partial charge in [-0.1, -0.05) is 18.2 Å². The van der Waals surface area contributed by atoms with Crippen molar-refractivity contribution in [1.82, 2.24) is 19.7 Å². The van der Waals surface area contributed by atoms with Crippen molar-refractivity contribution in [3.8, 4) is 22.9 Å². The van der Waals surface area contributed by atoms with Crippen LogP contribution in [0.25, 0.3) is 22.0 Å². The van der Waals surface area contributed by atoms with Crippen LogP contribution in [0.5, 0.6) is 11.6 Å². The highest BCUT2D eigenvalue weighted by atomic mass is 32.3. The molecule has 39 heavy (non-hydrogen) atoms. The number of fused-ring (bicyclic) bond motifs is 1. The fraction of sp³-hybridized carbons (Fsp3) is 0.419. The Morgan fingerprint density at radius 1 is 1.00 bits per heavy atom. The standard InChI is InChI=1S/C31H38N4O3S/c1-39(2,3)13-12-37-22-35-29(10-11-33-35)26-7-9-30(32-18-26)38-28-8-6-24-14-23(4-5-25(24)15-28)19-34-20-31(21-34)16-27(36)17-31/h4-11,14-15,18,27,36H,12-13,16-17,19-22H2,1-3H3. The maximum absolute atomic E-state index is 9.63. The quantitative estimate of drug-likeness (QED) is 0.264. The number of aromatic nitrogens is 3. The summed E-state index contributed by atoms with van der Waals surface area (Å²) in [6, 6.07) is 18.7. The van der Waals surface area contributed by atoms with Crippen molar-refractivity contribution in [3.05, 3.63) is 72.6 Å². The molecule has 0 radical (unpaired) electrons. The lowest BCUT2D eigenvalue weighted by molar-refractivity contribution is -0.131. The molecule has 2 aromatic heterocycles.